The van der Waals surface area contributed by atoms with E-state index in [1.807, 2.05) is 0 Å². The highest BCUT2D eigenvalue weighted by atomic mass is 15.2. The predicted molar refractivity (Wildman–Crippen MR) is 179 cm³/mol. The monoisotopic (exact) mass is 560 g/mol. The lowest BCUT2D eigenvalue weighted by molar-refractivity contribution is -0.722. The van der Waals surface area contributed by atoms with Crippen LogP contribution in [0.1, 0.15) is 219 Å². The molecule has 0 aliphatic carbocycles. The van der Waals surface area contributed by atoms with Crippen molar-refractivity contribution in [2.75, 3.05) is 0 Å². The molecule has 0 saturated heterocycles. The van der Waals surface area contributed by atoms with Crippen LogP contribution in [-0.2, 0) is 13.0 Å². The molecule has 1 aromatic rings. The Morgan fingerprint density at radius 2 is 0.800 bits per heavy atom. The normalized spacial score (nSPS) is 11.7. The van der Waals surface area contributed by atoms with Crippen molar-refractivity contribution in [1.29, 1.82) is 0 Å². The van der Waals surface area contributed by atoms with E-state index in [4.69, 9.17) is 0 Å². The highest BCUT2D eigenvalue weighted by Gasteiger charge is 2.18. The zero-order chi connectivity index (χ0) is 28.9. The van der Waals surface area contributed by atoms with Crippen LogP contribution in [0.4, 0.5) is 0 Å². The topological polar surface area (TPSA) is 8.81 Å². The van der Waals surface area contributed by atoms with Gasteiger partial charge in [0.15, 0.2) is 0 Å². The Morgan fingerprint density at radius 1 is 0.475 bits per heavy atom. The van der Waals surface area contributed by atoms with Crippen molar-refractivity contribution < 1.29 is 4.57 Å². The van der Waals surface area contributed by atoms with Crippen molar-refractivity contribution in [3.63, 3.8) is 0 Å². The number of unbranched alkanes of at least 4 members (excludes halogenated alkanes) is 26. The van der Waals surface area contributed by atoms with E-state index in [0.717, 1.165) is 0 Å². The van der Waals surface area contributed by atoms with E-state index in [2.05, 4.69) is 49.2 Å². The van der Waals surface area contributed by atoms with Gasteiger partial charge in [-0.2, -0.15) is 0 Å². The van der Waals surface area contributed by atoms with Crippen molar-refractivity contribution in [1.82, 2.24) is 4.57 Å². The van der Waals surface area contributed by atoms with Crippen LogP contribution in [-0.4, -0.2) is 4.57 Å². The number of rotatable bonds is 31. The average molecular weight is 560 g/mol. The highest BCUT2D eigenvalue weighted by molar-refractivity contribution is 4.85. The summed E-state index contributed by atoms with van der Waals surface area (Å²) < 4.78 is 5.12. The molecule has 1 rings (SSSR count). The molecule has 0 aliphatic rings. The van der Waals surface area contributed by atoms with Gasteiger partial charge >= 0.3 is 0 Å². The summed E-state index contributed by atoms with van der Waals surface area (Å²) in [5.74, 6) is 1.57. The fourth-order valence-corrected chi connectivity index (χ4v) is 6.37. The lowest BCUT2D eigenvalue weighted by Crippen LogP contribution is -2.39. The maximum absolute atomic E-state index is 2.59. The molecule has 0 unspecified atom stereocenters. The van der Waals surface area contributed by atoms with Gasteiger partial charge in [-0.1, -0.05) is 174 Å². The minimum absolute atomic E-state index is 0.569. The fourth-order valence-electron chi connectivity index (χ4n) is 6.37. The average Bonchev–Trinajstić information content (AvgIpc) is 3.36. The van der Waals surface area contributed by atoms with Crippen LogP contribution in [0.3, 0.4) is 0 Å². The zero-order valence-electron chi connectivity index (χ0n) is 28.3. The molecule has 0 radical (unpaired) electrons. The largest absolute Gasteiger partial charge is 0.256 e. The van der Waals surface area contributed by atoms with Crippen molar-refractivity contribution >= 4 is 0 Å². The molecule has 0 atom stereocenters. The van der Waals surface area contributed by atoms with E-state index >= 15 is 0 Å². The smallest absolute Gasteiger partial charge is 0.234 e. The Balaban J connectivity index is 2.05. The summed E-state index contributed by atoms with van der Waals surface area (Å²) in [6.45, 7) is 10.5. The van der Waals surface area contributed by atoms with Crippen molar-refractivity contribution in [3.05, 3.63) is 18.2 Å². The van der Waals surface area contributed by atoms with Gasteiger partial charge in [0.2, 0.25) is 0 Å². The molecule has 0 bridgehead atoms. The van der Waals surface area contributed by atoms with Gasteiger partial charge in [0.1, 0.15) is 12.4 Å². The van der Waals surface area contributed by atoms with E-state index in [9.17, 15) is 0 Å². The molecule has 2 nitrogen and oxygen atoms in total. The third-order valence-electron chi connectivity index (χ3n) is 9.10. The third-order valence-corrected chi connectivity index (χ3v) is 9.10. The first-order chi connectivity index (χ1) is 19.7. The molecule has 1 heterocycles. The first-order valence-electron chi connectivity index (χ1n) is 18.8. The van der Waals surface area contributed by atoms with Gasteiger partial charge < -0.3 is 0 Å². The molecular weight excluding hydrogens is 484 g/mol. The second-order valence-electron chi connectivity index (χ2n) is 13.4. The van der Waals surface area contributed by atoms with Gasteiger partial charge in [0.25, 0.3) is 5.82 Å². The van der Waals surface area contributed by atoms with Gasteiger partial charge in [0, 0.05) is 6.42 Å². The standard InChI is InChI=1S/C38H75N2/c1-5-7-9-11-13-15-17-19-20-22-24-26-28-30-32-34-39-35-36-40(37(3)4)38(39)33-31-29-27-25-23-21-18-16-14-12-10-8-6-2/h35-37H,5-34H2,1-4H3/q+1. The van der Waals surface area contributed by atoms with Crippen molar-refractivity contribution in [2.24, 2.45) is 0 Å². The van der Waals surface area contributed by atoms with Gasteiger partial charge in [-0.05, 0) is 33.1 Å². The summed E-state index contributed by atoms with van der Waals surface area (Å²) in [6, 6.07) is 0.569. The number of hydrogen-bond acceptors (Lipinski definition) is 0. The summed E-state index contributed by atoms with van der Waals surface area (Å²) in [5, 5.41) is 0. The number of aryl methyl sites for hydroxylation is 1. The first kappa shape index (κ1) is 37.2. The fraction of sp³-hybridized carbons (Fsp3) is 0.921. The predicted octanol–water partition coefficient (Wildman–Crippen LogP) is 12.9. The van der Waals surface area contributed by atoms with Crippen LogP contribution in [0.15, 0.2) is 12.4 Å². The molecule has 40 heavy (non-hydrogen) atoms. The molecule has 236 valence electrons. The Morgan fingerprint density at radius 3 is 1.15 bits per heavy atom. The van der Waals surface area contributed by atoms with Crippen LogP contribution >= 0.6 is 0 Å². The van der Waals surface area contributed by atoms with E-state index in [-0.39, 0.29) is 0 Å². The number of hydrogen-bond donors (Lipinski definition) is 0. The summed E-state index contributed by atoms with van der Waals surface area (Å²) in [7, 11) is 0. The highest BCUT2D eigenvalue weighted by Crippen LogP contribution is 2.16. The summed E-state index contributed by atoms with van der Waals surface area (Å²) in [5.41, 5.74) is 0. The lowest BCUT2D eigenvalue weighted by atomic mass is 10.0. The van der Waals surface area contributed by atoms with E-state index in [0.29, 0.717) is 6.04 Å². The lowest BCUT2D eigenvalue weighted by Gasteiger charge is -2.08. The van der Waals surface area contributed by atoms with E-state index < -0.39 is 0 Å². The third kappa shape index (κ3) is 21.0. The molecule has 0 N–H and O–H groups in total. The molecule has 0 aromatic carbocycles. The summed E-state index contributed by atoms with van der Waals surface area (Å²) in [4.78, 5) is 0. The number of aromatic nitrogens is 2. The van der Waals surface area contributed by atoms with E-state index in [1.165, 1.54) is 193 Å². The molecule has 0 fully saturated rings. The van der Waals surface area contributed by atoms with Gasteiger partial charge in [-0.25, -0.2) is 9.13 Å². The molecule has 0 amide bonds. The van der Waals surface area contributed by atoms with Crippen LogP contribution < -0.4 is 4.57 Å². The zero-order valence-corrected chi connectivity index (χ0v) is 28.3. The van der Waals surface area contributed by atoms with E-state index in [1.54, 1.807) is 5.82 Å². The second kappa shape index (κ2) is 28.3. The molecule has 2 heteroatoms. The van der Waals surface area contributed by atoms with Crippen LogP contribution in [0.25, 0.3) is 0 Å². The Labute approximate surface area is 253 Å². The van der Waals surface area contributed by atoms with Gasteiger partial charge in [-0.15, -0.1) is 0 Å². The maximum Gasteiger partial charge on any atom is 0.256 e. The molecule has 1 aromatic heterocycles. The molecule has 0 spiro atoms. The maximum atomic E-state index is 2.59. The number of imidazole rings is 1. The summed E-state index contributed by atoms with van der Waals surface area (Å²) >= 11 is 0. The molecule has 0 aliphatic heterocycles. The second-order valence-corrected chi connectivity index (χ2v) is 13.4. The van der Waals surface area contributed by atoms with Crippen LogP contribution in [0, 0.1) is 0 Å². The minimum Gasteiger partial charge on any atom is -0.234 e. The minimum atomic E-state index is 0.569. The Kier molecular flexibility index (Phi) is 26.4. The quantitative estimate of drug-likeness (QED) is 0.0631. The van der Waals surface area contributed by atoms with Gasteiger partial charge in [0.05, 0.1) is 12.6 Å². The number of nitrogens with zero attached hydrogens (tertiary/aromatic N) is 2. The Bertz CT molecular complexity index is 631. The Hall–Kier alpha value is -0.790. The first-order valence-corrected chi connectivity index (χ1v) is 18.8. The van der Waals surface area contributed by atoms with Crippen LogP contribution in [0.2, 0.25) is 0 Å². The van der Waals surface area contributed by atoms with Crippen molar-refractivity contribution in [3.8, 4) is 0 Å². The molecule has 0 saturated carbocycles. The molecular formula is C38H75N2+. The van der Waals surface area contributed by atoms with Gasteiger partial charge in [-0.3, -0.25) is 0 Å². The van der Waals surface area contributed by atoms with Crippen LogP contribution in [0.5, 0.6) is 0 Å². The SMILES string of the molecule is CCCCCCCCCCCCCCCCCn1cc[n+](C(C)C)c1CCCCCCCCCCCCCCC. The van der Waals surface area contributed by atoms with Crippen molar-refractivity contribution in [2.45, 2.75) is 226 Å². The summed E-state index contributed by atoms with van der Waals surface area (Å²) in [6.07, 6.45) is 46.2.